The van der Waals surface area contributed by atoms with Crippen LogP contribution in [0.2, 0.25) is 0 Å². The molecule has 2 atom stereocenters. The van der Waals surface area contributed by atoms with Gasteiger partial charge in [-0.1, -0.05) is 213 Å². The van der Waals surface area contributed by atoms with Crippen molar-refractivity contribution in [3.8, 4) is 0 Å². The van der Waals surface area contributed by atoms with Crippen LogP contribution in [0, 0.1) is 0 Å². The fourth-order valence-corrected chi connectivity index (χ4v) is 7.25. The van der Waals surface area contributed by atoms with Crippen LogP contribution < -0.4 is 0 Å². The van der Waals surface area contributed by atoms with Crippen LogP contribution >= 0.6 is 0 Å². The first-order valence-electron chi connectivity index (χ1n) is 24.7. The summed E-state index contributed by atoms with van der Waals surface area (Å²) in [5.74, 6) is -1.98. The van der Waals surface area contributed by atoms with E-state index < -0.39 is 18.4 Å². The lowest BCUT2D eigenvalue weighted by Gasteiger charge is -2.25. The largest absolute Gasteiger partial charge is 0.477 e. The minimum Gasteiger partial charge on any atom is -0.477 e. The van der Waals surface area contributed by atoms with Gasteiger partial charge in [0.15, 0.2) is 6.10 Å². The second-order valence-corrected chi connectivity index (χ2v) is 18.1. The zero-order chi connectivity index (χ0) is 42.8. The number of carboxylic acids is 1. The van der Waals surface area contributed by atoms with Gasteiger partial charge in [0.1, 0.15) is 13.2 Å². The molecule has 0 aromatic rings. The van der Waals surface area contributed by atoms with Crippen LogP contribution in [0.5, 0.6) is 0 Å². The predicted molar refractivity (Wildman–Crippen MR) is 240 cm³/mol. The van der Waals surface area contributed by atoms with Gasteiger partial charge in [0.05, 0.1) is 34.4 Å². The van der Waals surface area contributed by atoms with Crippen molar-refractivity contribution in [3.63, 3.8) is 0 Å². The van der Waals surface area contributed by atoms with E-state index in [4.69, 9.17) is 18.9 Å². The number of ether oxygens (including phenoxy) is 4. The number of carbonyl (C=O) groups excluding carboxylic acids is 2. The number of hydrogen-bond acceptors (Lipinski definition) is 7. The summed E-state index contributed by atoms with van der Waals surface area (Å²) in [6.07, 6.45) is 40.2. The van der Waals surface area contributed by atoms with Crippen molar-refractivity contribution in [2.45, 2.75) is 251 Å². The zero-order valence-electron chi connectivity index (χ0n) is 39.0. The van der Waals surface area contributed by atoms with Crippen LogP contribution in [-0.2, 0) is 33.3 Å². The summed E-state index contributed by atoms with van der Waals surface area (Å²) in [7, 11) is 5.97. The summed E-state index contributed by atoms with van der Waals surface area (Å²) in [6, 6.07) is 0. The van der Waals surface area contributed by atoms with Gasteiger partial charge in [0.25, 0.3) is 6.29 Å². The number of aliphatic carboxylic acids is 1. The summed E-state index contributed by atoms with van der Waals surface area (Å²) in [4.78, 5) is 37.1. The van der Waals surface area contributed by atoms with Crippen LogP contribution in [0.1, 0.15) is 239 Å². The number of carbonyl (C=O) groups is 3. The Morgan fingerprint density at radius 1 is 0.448 bits per heavy atom. The van der Waals surface area contributed by atoms with Crippen molar-refractivity contribution in [3.05, 3.63) is 0 Å². The van der Waals surface area contributed by atoms with Gasteiger partial charge < -0.3 is 28.5 Å². The third kappa shape index (κ3) is 42.4. The summed E-state index contributed by atoms with van der Waals surface area (Å²) in [5.41, 5.74) is 0. The second-order valence-electron chi connectivity index (χ2n) is 18.1. The lowest BCUT2D eigenvalue weighted by molar-refractivity contribution is -0.870. The molecule has 0 saturated heterocycles. The first-order chi connectivity index (χ1) is 28.1. The van der Waals surface area contributed by atoms with Crippen molar-refractivity contribution in [1.29, 1.82) is 0 Å². The lowest BCUT2D eigenvalue weighted by atomic mass is 10.0. The minimum atomic E-state index is -1.50. The standard InChI is InChI=1S/C49H95NO8/c1-6-8-10-12-14-16-18-20-21-22-23-24-25-26-27-28-30-32-34-36-38-40-47(52)58-45(44-57-49(48(53)54)55-42-41-50(3,4)5)43-56-46(51)39-37-35-33-31-29-19-17-15-13-11-9-7-2/h45,49H,6-44H2,1-5H3/p+1. The Morgan fingerprint density at radius 2 is 0.776 bits per heavy atom. The molecule has 9 heteroatoms. The molecule has 0 aromatic carbocycles. The third-order valence-electron chi connectivity index (χ3n) is 11.1. The van der Waals surface area contributed by atoms with Gasteiger partial charge in [-0.2, -0.15) is 0 Å². The summed E-state index contributed by atoms with van der Waals surface area (Å²) < 4.78 is 22.8. The summed E-state index contributed by atoms with van der Waals surface area (Å²) in [5, 5.41) is 9.64. The molecule has 9 nitrogen and oxygen atoms in total. The molecule has 0 spiro atoms. The average molecular weight is 827 g/mol. The van der Waals surface area contributed by atoms with E-state index in [1.54, 1.807) is 0 Å². The van der Waals surface area contributed by atoms with Crippen LogP contribution in [0.15, 0.2) is 0 Å². The molecular formula is C49H96NO8+. The molecule has 0 fully saturated rings. The number of carboxylic acid groups (broad SMARTS) is 1. The number of hydrogen-bond donors (Lipinski definition) is 1. The van der Waals surface area contributed by atoms with E-state index in [1.807, 2.05) is 21.1 Å². The molecule has 0 rings (SSSR count). The molecule has 2 unspecified atom stereocenters. The Labute approximate surface area is 358 Å². The summed E-state index contributed by atoms with van der Waals surface area (Å²) in [6.45, 7) is 4.91. The highest BCUT2D eigenvalue weighted by atomic mass is 16.7. The molecule has 0 radical (unpaired) electrons. The molecule has 58 heavy (non-hydrogen) atoms. The minimum absolute atomic E-state index is 0.173. The van der Waals surface area contributed by atoms with Crippen LogP contribution in [0.4, 0.5) is 0 Å². The zero-order valence-corrected chi connectivity index (χ0v) is 39.0. The first-order valence-corrected chi connectivity index (χ1v) is 24.7. The molecule has 0 bridgehead atoms. The van der Waals surface area contributed by atoms with Gasteiger partial charge >= 0.3 is 17.9 Å². The normalized spacial score (nSPS) is 12.8. The van der Waals surface area contributed by atoms with E-state index in [-0.39, 0.29) is 38.2 Å². The molecule has 0 aliphatic carbocycles. The number of unbranched alkanes of at least 4 members (excludes halogenated alkanes) is 31. The highest BCUT2D eigenvalue weighted by Crippen LogP contribution is 2.17. The molecule has 0 saturated carbocycles. The fourth-order valence-electron chi connectivity index (χ4n) is 7.25. The Bertz CT molecular complexity index is 923. The maximum Gasteiger partial charge on any atom is 0.361 e. The number of rotatable bonds is 46. The Morgan fingerprint density at radius 3 is 1.10 bits per heavy atom. The number of esters is 2. The smallest absolute Gasteiger partial charge is 0.361 e. The van der Waals surface area contributed by atoms with Gasteiger partial charge in [-0.15, -0.1) is 0 Å². The average Bonchev–Trinajstić information content (AvgIpc) is 3.18. The van der Waals surface area contributed by atoms with Crippen molar-refractivity contribution in [2.24, 2.45) is 0 Å². The number of likely N-dealkylation sites (N-methyl/N-ethyl adjacent to an activating group) is 1. The predicted octanol–water partition coefficient (Wildman–Crippen LogP) is 13.3. The van der Waals surface area contributed by atoms with E-state index in [0.717, 1.165) is 38.5 Å². The highest BCUT2D eigenvalue weighted by molar-refractivity contribution is 5.71. The van der Waals surface area contributed by atoms with Crippen LogP contribution in [0.3, 0.4) is 0 Å². The van der Waals surface area contributed by atoms with Crippen molar-refractivity contribution in [1.82, 2.24) is 0 Å². The fraction of sp³-hybridized carbons (Fsp3) is 0.939. The van der Waals surface area contributed by atoms with Gasteiger partial charge in [0.2, 0.25) is 0 Å². The molecular weight excluding hydrogens is 731 g/mol. The first kappa shape index (κ1) is 56.3. The quantitative estimate of drug-likeness (QED) is 0.0280. The molecule has 0 aliphatic heterocycles. The maximum absolute atomic E-state index is 12.8. The third-order valence-corrected chi connectivity index (χ3v) is 11.1. The molecule has 0 aliphatic rings. The molecule has 0 heterocycles. The Balaban J connectivity index is 4.27. The molecule has 344 valence electrons. The van der Waals surface area contributed by atoms with Crippen molar-refractivity contribution < 1.29 is 42.9 Å². The topological polar surface area (TPSA) is 108 Å². The number of nitrogens with zero attached hydrogens (tertiary/aromatic N) is 1. The van der Waals surface area contributed by atoms with Gasteiger partial charge in [-0.3, -0.25) is 9.59 Å². The van der Waals surface area contributed by atoms with E-state index in [2.05, 4.69) is 13.8 Å². The van der Waals surface area contributed by atoms with Gasteiger partial charge in [-0.05, 0) is 12.8 Å². The lowest BCUT2D eigenvalue weighted by Crippen LogP contribution is -2.40. The van der Waals surface area contributed by atoms with Crippen molar-refractivity contribution >= 4 is 17.9 Å². The van der Waals surface area contributed by atoms with Gasteiger partial charge in [-0.25, -0.2) is 4.79 Å². The summed E-state index contributed by atoms with van der Waals surface area (Å²) >= 11 is 0. The van der Waals surface area contributed by atoms with Crippen molar-refractivity contribution in [2.75, 3.05) is 47.5 Å². The van der Waals surface area contributed by atoms with E-state index >= 15 is 0 Å². The highest BCUT2D eigenvalue weighted by Gasteiger charge is 2.25. The maximum atomic E-state index is 12.8. The van der Waals surface area contributed by atoms with E-state index in [0.29, 0.717) is 17.4 Å². The van der Waals surface area contributed by atoms with E-state index in [9.17, 15) is 19.5 Å². The SMILES string of the molecule is CCCCCCCCCCCCCCCCCCCCCCCC(=O)OC(COC(=O)CCCCCCCCCCCCCC)COC(OCC[N+](C)(C)C)C(=O)O. The van der Waals surface area contributed by atoms with E-state index in [1.165, 1.54) is 173 Å². The molecule has 1 N–H and O–H groups in total. The monoisotopic (exact) mass is 827 g/mol. The Kier molecular flexibility index (Phi) is 40.8. The van der Waals surface area contributed by atoms with Crippen LogP contribution in [-0.4, -0.2) is 87.4 Å². The second kappa shape index (κ2) is 42.0. The number of quaternary nitrogens is 1. The molecule has 0 aromatic heterocycles. The van der Waals surface area contributed by atoms with Crippen LogP contribution in [0.25, 0.3) is 0 Å². The Hall–Kier alpha value is -1.71. The van der Waals surface area contributed by atoms with Gasteiger partial charge in [0, 0.05) is 12.8 Å². The molecule has 0 amide bonds.